The van der Waals surface area contributed by atoms with Crippen LogP contribution in [0.4, 0.5) is 5.69 Å². The first-order valence-corrected chi connectivity index (χ1v) is 13.0. The van der Waals surface area contributed by atoms with E-state index in [0.29, 0.717) is 31.6 Å². The average Bonchev–Trinajstić information content (AvgIpc) is 2.94. The maximum absolute atomic E-state index is 13.7. The summed E-state index contributed by atoms with van der Waals surface area (Å²) < 4.78 is 13.6. The van der Waals surface area contributed by atoms with Gasteiger partial charge in [-0.15, -0.1) is 0 Å². The van der Waals surface area contributed by atoms with E-state index in [4.69, 9.17) is 11.6 Å². The topological polar surface area (TPSA) is 57.7 Å². The summed E-state index contributed by atoms with van der Waals surface area (Å²) in [7, 11) is -1.55. The highest BCUT2D eigenvalue weighted by molar-refractivity contribution is 7.85. The predicted molar refractivity (Wildman–Crippen MR) is 134 cm³/mol. The fourth-order valence-electron chi connectivity index (χ4n) is 4.69. The summed E-state index contributed by atoms with van der Waals surface area (Å²) in [5.41, 5.74) is 2.30. The number of piperidine rings is 1. The zero-order valence-corrected chi connectivity index (χ0v) is 20.4. The van der Waals surface area contributed by atoms with Crippen LogP contribution in [0.5, 0.6) is 0 Å². The second-order valence-corrected chi connectivity index (χ2v) is 10.7. The lowest BCUT2D eigenvalue weighted by molar-refractivity contribution is 0.0635. The summed E-state index contributed by atoms with van der Waals surface area (Å²) in [5, 5.41) is 0.612. The first kappa shape index (κ1) is 22.8. The molecule has 3 aromatic rings. The van der Waals surface area contributed by atoms with Crippen molar-refractivity contribution in [3.63, 3.8) is 0 Å². The minimum absolute atomic E-state index is 0.0542. The number of nitrogens with zero attached hydrogens (tertiary/aromatic N) is 2. The predicted octanol–water partition coefficient (Wildman–Crippen LogP) is 5.68. The van der Waals surface area contributed by atoms with Crippen molar-refractivity contribution in [2.24, 2.45) is 0 Å². The third-order valence-electron chi connectivity index (χ3n) is 6.58. The molecule has 0 spiro atoms. The number of fused-ring (bicyclic) bond motifs is 2. The molecule has 0 N–H and O–H groups in total. The van der Waals surface area contributed by atoms with Crippen molar-refractivity contribution in [3.05, 3.63) is 88.4 Å². The molecule has 0 radical (unpaired) electrons. The van der Waals surface area contributed by atoms with Gasteiger partial charge in [-0.3, -0.25) is 9.59 Å². The number of likely N-dealkylation sites (tertiary alicyclic amines) is 1. The van der Waals surface area contributed by atoms with Crippen LogP contribution in [-0.2, 0) is 17.3 Å². The van der Waals surface area contributed by atoms with Crippen molar-refractivity contribution in [1.29, 1.82) is 0 Å². The average molecular weight is 493 g/mol. The summed E-state index contributed by atoms with van der Waals surface area (Å²) in [6, 6.07) is 19.7. The molecule has 0 unspecified atom stereocenters. The standard InChI is InChI=1S/C27H25ClN2O3S/c1-18-6-4-5-15-29(18)26(31)20-11-14-25-23(16-20)30(17-19-9-12-21(28)13-10-19)27(32)22-7-2-3-8-24(22)34(25)33/h2-3,7-14,16,18H,4-6,15,17H2,1H3/t18-,34+/m1/s1. The first-order chi connectivity index (χ1) is 16.4. The molecule has 1 fully saturated rings. The molecule has 0 aliphatic carbocycles. The van der Waals surface area contributed by atoms with Crippen molar-refractivity contribution in [2.75, 3.05) is 11.4 Å². The van der Waals surface area contributed by atoms with Crippen LogP contribution < -0.4 is 4.90 Å². The molecule has 174 valence electrons. The van der Waals surface area contributed by atoms with Crippen LogP contribution in [0.25, 0.3) is 0 Å². The fourth-order valence-corrected chi connectivity index (χ4v) is 6.16. The van der Waals surface area contributed by atoms with Crippen molar-refractivity contribution >= 4 is 39.9 Å². The van der Waals surface area contributed by atoms with E-state index < -0.39 is 10.8 Å². The van der Waals surface area contributed by atoms with Gasteiger partial charge in [-0.25, -0.2) is 4.21 Å². The van der Waals surface area contributed by atoms with Gasteiger partial charge in [0.25, 0.3) is 11.8 Å². The van der Waals surface area contributed by atoms with Crippen molar-refractivity contribution in [1.82, 2.24) is 4.90 Å². The molecule has 1 saturated heterocycles. The van der Waals surface area contributed by atoms with Crippen LogP contribution in [-0.4, -0.2) is 33.5 Å². The van der Waals surface area contributed by atoms with Crippen molar-refractivity contribution in [3.8, 4) is 0 Å². The van der Waals surface area contributed by atoms with Gasteiger partial charge in [0.05, 0.1) is 38.4 Å². The lowest BCUT2D eigenvalue weighted by atomic mass is 10.0. The molecule has 0 aromatic heterocycles. The number of hydrogen-bond acceptors (Lipinski definition) is 3. The number of rotatable bonds is 3. The number of carbonyl (C=O) groups excluding carboxylic acids is 2. The van der Waals surface area contributed by atoms with Gasteiger partial charge in [-0.1, -0.05) is 35.9 Å². The van der Waals surface area contributed by atoms with E-state index in [1.165, 1.54) is 0 Å². The Hall–Kier alpha value is -2.96. The maximum Gasteiger partial charge on any atom is 0.259 e. The Kier molecular flexibility index (Phi) is 6.28. The van der Waals surface area contributed by atoms with Crippen LogP contribution in [0.1, 0.15) is 52.5 Å². The molecule has 2 amide bonds. The third kappa shape index (κ3) is 4.17. The number of hydrogen-bond donors (Lipinski definition) is 0. The van der Waals surface area contributed by atoms with Gasteiger partial charge in [-0.2, -0.15) is 0 Å². The van der Waals surface area contributed by atoms with Gasteiger partial charge in [0.2, 0.25) is 0 Å². The summed E-state index contributed by atoms with van der Waals surface area (Å²) in [6.45, 7) is 3.07. The fraction of sp³-hybridized carbons (Fsp3) is 0.259. The Morgan fingerprint density at radius 1 is 1.03 bits per heavy atom. The maximum atomic E-state index is 13.7. The van der Waals surface area contributed by atoms with Crippen LogP contribution in [0.3, 0.4) is 0 Å². The van der Waals surface area contributed by atoms with Crippen molar-refractivity contribution in [2.45, 2.75) is 48.6 Å². The molecule has 2 heterocycles. The molecule has 2 aliphatic heterocycles. The van der Waals surface area contributed by atoms with E-state index in [9.17, 15) is 13.8 Å². The zero-order valence-electron chi connectivity index (χ0n) is 18.9. The Morgan fingerprint density at radius 3 is 2.56 bits per heavy atom. The molecule has 2 aliphatic rings. The summed E-state index contributed by atoms with van der Waals surface area (Å²) in [6.07, 6.45) is 3.09. The number of amides is 2. The van der Waals surface area contributed by atoms with E-state index in [0.717, 1.165) is 31.4 Å². The molecular weight excluding hydrogens is 468 g/mol. The lowest BCUT2D eigenvalue weighted by Gasteiger charge is -2.33. The molecule has 2 atom stereocenters. The Morgan fingerprint density at radius 2 is 1.79 bits per heavy atom. The third-order valence-corrected chi connectivity index (χ3v) is 8.33. The van der Waals surface area contributed by atoms with E-state index in [-0.39, 0.29) is 24.4 Å². The highest BCUT2D eigenvalue weighted by atomic mass is 35.5. The second kappa shape index (κ2) is 9.35. The highest BCUT2D eigenvalue weighted by Crippen LogP contribution is 2.36. The summed E-state index contributed by atoms with van der Waals surface area (Å²) in [5.74, 6) is -0.296. The minimum Gasteiger partial charge on any atom is -0.336 e. The first-order valence-electron chi connectivity index (χ1n) is 11.5. The number of anilines is 1. The molecule has 0 saturated carbocycles. The SMILES string of the molecule is C[C@@H]1CCCCN1C(=O)c1ccc2c(c1)N(Cc1ccc(Cl)cc1)C(=O)c1ccccc1[S@@]2=O. The van der Waals surface area contributed by atoms with E-state index >= 15 is 0 Å². The van der Waals surface area contributed by atoms with Gasteiger partial charge < -0.3 is 9.80 Å². The highest BCUT2D eigenvalue weighted by Gasteiger charge is 2.32. The van der Waals surface area contributed by atoms with Crippen LogP contribution in [0, 0.1) is 0 Å². The molecule has 34 heavy (non-hydrogen) atoms. The Labute approximate surface area is 206 Å². The minimum atomic E-state index is -1.55. The van der Waals surface area contributed by atoms with Crippen molar-refractivity contribution < 1.29 is 13.8 Å². The van der Waals surface area contributed by atoms with E-state index in [1.54, 1.807) is 59.5 Å². The molecule has 3 aromatic carbocycles. The van der Waals surface area contributed by atoms with Gasteiger partial charge >= 0.3 is 0 Å². The number of benzene rings is 3. The second-order valence-electron chi connectivity index (χ2n) is 8.81. The summed E-state index contributed by atoms with van der Waals surface area (Å²) >= 11 is 6.05. The Bertz CT molecular complexity index is 1290. The van der Waals surface area contributed by atoms with Crippen LogP contribution >= 0.6 is 11.6 Å². The lowest BCUT2D eigenvalue weighted by Crippen LogP contribution is -2.42. The van der Waals surface area contributed by atoms with Gasteiger partial charge in [0, 0.05) is 23.2 Å². The van der Waals surface area contributed by atoms with Gasteiger partial charge in [-0.05, 0) is 74.2 Å². The molecular formula is C27H25ClN2O3S. The van der Waals surface area contributed by atoms with E-state index in [1.807, 2.05) is 17.0 Å². The Balaban J connectivity index is 1.62. The smallest absolute Gasteiger partial charge is 0.259 e. The molecule has 5 rings (SSSR count). The van der Waals surface area contributed by atoms with Gasteiger partial charge in [0.1, 0.15) is 0 Å². The quantitative estimate of drug-likeness (QED) is 0.472. The largest absolute Gasteiger partial charge is 0.336 e. The van der Waals surface area contributed by atoms with Gasteiger partial charge in [0.15, 0.2) is 0 Å². The summed E-state index contributed by atoms with van der Waals surface area (Å²) in [4.78, 5) is 31.7. The normalized spacial score (nSPS) is 19.9. The number of halogens is 1. The molecule has 5 nitrogen and oxygen atoms in total. The number of carbonyl (C=O) groups is 2. The zero-order chi connectivity index (χ0) is 23.8. The van der Waals surface area contributed by atoms with Crippen LogP contribution in [0.2, 0.25) is 5.02 Å². The molecule has 7 heteroatoms. The monoisotopic (exact) mass is 492 g/mol. The van der Waals surface area contributed by atoms with E-state index in [2.05, 4.69) is 6.92 Å². The van der Waals surface area contributed by atoms with Crippen LogP contribution in [0.15, 0.2) is 76.5 Å². The molecule has 0 bridgehead atoms.